The molecule has 5 nitrogen and oxygen atoms in total. The summed E-state index contributed by atoms with van der Waals surface area (Å²) in [4.78, 5) is 10.7. The van der Waals surface area contributed by atoms with E-state index in [2.05, 4.69) is 4.74 Å². The number of rotatable bonds is 3. The third-order valence-electron chi connectivity index (χ3n) is 1.87. The molecule has 0 radical (unpaired) electrons. The Labute approximate surface area is 75.3 Å². The van der Waals surface area contributed by atoms with E-state index in [9.17, 15) is 9.90 Å². The minimum Gasteiger partial charge on any atom is -0.505 e. The minimum absolute atomic E-state index is 0.398. The molecule has 3 N–H and O–H groups in total. The van der Waals surface area contributed by atoms with Crippen LogP contribution in [0.2, 0.25) is 0 Å². The van der Waals surface area contributed by atoms with Crippen LogP contribution in [0.3, 0.4) is 0 Å². The van der Waals surface area contributed by atoms with Gasteiger partial charge in [-0.15, -0.1) is 0 Å². The lowest BCUT2D eigenvalue weighted by Gasteiger charge is -2.15. The summed E-state index contributed by atoms with van der Waals surface area (Å²) in [6.45, 7) is 1.85. The third-order valence-corrected chi connectivity index (χ3v) is 1.87. The van der Waals surface area contributed by atoms with Gasteiger partial charge in [-0.05, 0) is 6.42 Å². The van der Waals surface area contributed by atoms with Gasteiger partial charge in [0.1, 0.15) is 0 Å². The van der Waals surface area contributed by atoms with Crippen LogP contribution in [0.25, 0.3) is 0 Å². The first-order chi connectivity index (χ1) is 6.07. The zero-order valence-corrected chi connectivity index (χ0v) is 7.23. The highest BCUT2D eigenvalue weighted by Gasteiger charge is 2.38. The van der Waals surface area contributed by atoms with E-state index in [1.165, 1.54) is 0 Å². The number of ether oxygens (including phenoxy) is 1. The van der Waals surface area contributed by atoms with Gasteiger partial charge in [0.2, 0.25) is 5.76 Å². The average molecular weight is 188 g/mol. The first-order valence-corrected chi connectivity index (χ1v) is 4.09. The van der Waals surface area contributed by atoms with Crippen molar-refractivity contribution in [3.8, 4) is 0 Å². The molecule has 0 bridgehead atoms. The van der Waals surface area contributed by atoms with Crippen molar-refractivity contribution < 1.29 is 24.9 Å². The molecule has 0 saturated carbocycles. The standard InChI is InChI=1S/C8H12O5/c1-2-3-4(9)7-5(10)6(11)8(12)13-7/h4,7,9-11H,2-3H2,1H3. The van der Waals surface area contributed by atoms with Gasteiger partial charge in [0.05, 0.1) is 6.10 Å². The number of aliphatic hydroxyl groups excluding tert-OH is 3. The maximum absolute atomic E-state index is 10.7. The average Bonchev–Trinajstić information content (AvgIpc) is 2.33. The first-order valence-electron chi connectivity index (χ1n) is 4.09. The van der Waals surface area contributed by atoms with E-state index in [4.69, 9.17) is 10.2 Å². The number of hydrogen-bond donors (Lipinski definition) is 3. The number of hydrogen-bond acceptors (Lipinski definition) is 5. The molecule has 0 aromatic carbocycles. The summed E-state index contributed by atoms with van der Waals surface area (Å²) in [6, 6.07) is 0. The number of aliphatic hydroxyl groups is 3. The molecule has 13 heavy (non-hydrogen) atoms. The Morgan fingerprint density at radius 2 is 2.15 bits per heavy atom. The largest absolute Gasteiger partial charge is 0.505 e. The normalized spacial score (nSPS) is 24.8. The summed E-state index contributed by atoms with van der Waals surface area (Å²) in [5.41, 5.74) is 0. The highest BCUT2D eigenvalue weighted by atomic mass is 16.6. The summed E-state index contributed by atoms with van der Waals surface area (Å²) < 4.78 is 4.54. The van der Waals surface area contributed by atoms with E-state index in [0.29, 0.717) is 12.8 Å². The molecule has 2 unspecified atom stereocenters. The van der Waals surface area contributed by atoms with E-state index in [1.807, 2.05) is 6.92 Å². The fraction of sp³-hybridized carbons (Fsp3) is 0.625. The Hall–Kier alpha value is -1.23. The summed E-state index contributed by atoms with van der Waals surface area (Å²) in [7, 11) is 0. The highest BCUT2D eigenvalue weighted by molar-refractivity contribution is 5.89. The van der Waals surface area contributed by atoms with Crippen molar-refractivity contribution in [2.24, 2.45) is 0 Å². The minimum atomic E-state index is -1.10. The zero-order chi connectivity index (χ0) is 10.0. The van der Waals surface area contributed by atoms with Crippen molar-refractivity contribution in [1.82, 2.24) is 0 Å². The van der Waals surface area contributed by atoms with Gasteiger partial charge in [-0.3, -0.25) is 0 Å². The Balaban J connectivity index is 2.70. The molecule has 0 spiro atoms. The Morgan fingerprint density at radius 1 is 1.54 bits per heavy atom. The quantitative estimate of drug-likeness (QED) is 0.558. The number of carbonyl (C=O) groups is 1. The van der Waals surface area contributed by atoms with Crippen LogP contribution in [-0.4, -0.2) is 33.5 Å². The van der Waals surface area contributed by atoms with Crippen LogP contribution in [0.4, 0.5) is 0 Å². The van der Waals surface area contributed by atoms with E-state index in [1.54, 1.807) is 0 Å². The van der Waals surface area contributed by atoms with Crippen LogP contribution in [0, 0.1) is 0 Å². The predicted octanol–water partition coefficient (Wildman–Crippen LogP) is 0.400. The van der Waals surface area contributed by atoms with Crippen molar-refractivity contribution in [2.75, 3.05) is 0 Å². The monoisotopic (exact) mass is 188 g/mol. The molecule has 5 heteroatoms. The van der Waals surface area contributed by atoms with Crippen molar-refractivity contribution in [3.63, 3.8) is 0 Å². The molecule has 74 valence electrons. The van der Waals surface area contributed by atoms with E-state index >= 15 is 0 Å². The molecule has 1 aliphatic rings. The Morgan fingerprint density at radius 3 is 2.54 bits per heavy atom. The van der Waals surface area contributed by atoms with Crippen LogP contribution in [-0.2, 0) is 9.53 Å². The van der Waals surface area contributed by atoms with Crippen LogP contribution >= 0.6 is 0 Å². The molecular formula is C8H12O5. The van der Waals surface area contributed by atoms with E-state index < -0.39 is 29.7 Å². The maximum atomic E-state index is 10.7. The molecule has 0 aliphatic carbocycles. The topological polar surface area (TPSA) is 87.0 Å². The third kappa shape index (κ3) is 1.75. The molecule has 0 saturated heterocycles. The number of carbonyl (C=O) groups excluding carboxylic acids is 1. The lowest BCUT2D eigenvalue weighted by atomic mass is 10.1. The SMILES string of the molecule is CCCC(O)C1OC(=O)C(O)=C1O. The smallest absolute Gasteiger partial charge is 0.377 e. The van der Waals surface area contributed by atoms with Gasteiger partial charge in [0, 0.05) is 0 Å². The predicted molar refractivity (Wildman–Crippen MR) is 43.1 cm³/mol. The highest BCUT2D eigenvalue weighted by Crippen LogP contribution is 2.23. The molecule has 0 fully saturated rings. The molecular weight excluding hydrogens is 176 g/mol. The molecule has 0 aromatic rings. The second-order valence-corrected chi connectivity index (χ2v) is 2.92. The van der Waals surface area contributed by atoms with Crippen LogP contribution in [0.1, 0.15) is 19.8 Å². The molecule has 1 rings (SSSR count). The lowest BCUT2D eigenvalue weighted by molar-refractivity contribution is -0.146. The van der Waals surface area contributed by atoms with Gasteiger partial charge in [-0.2, -0.15) is 0 Å². The van der Waals surface area contributed by atoms with Gasteiger partial charge < -0.3 is 20.1 Å². The number of esters is 1. The van der Waals surface area contributed by atoms with Gasteiger partial charge in [0.25, 0.3) is 0 Å². The van der Waals surface area contributed by atoms with Crippen molar-refractivity contribution in [2.45, 2.75) is 32.0 Å². The van der Waals surface area contributed by atoms with E-state index in [-0.39, 0.29) is 0 Å². The van der Waals surface area contributed by atoms with Gasteiger partial charge in [0.15, 0.2) is 11.9 Å². The van der Waals surface area contributed by atoms with Crippen molar-refractivity contribution in [3.05, 3.63) is 11.5 Å². The fourth-order valence-corrected chi connectivity index (χ4v) is 1.17. The van der Waals surface area contributed by atoms with Crippen molar-refractivity contribution in [1.29, 1.82) is 0 Å². The maximum Gasteiger partial charge on any atom is 0.377 e. The summed E-state index contributed by atoms with van der Waals surface area (Å²) >= 11 is 0. The first kappa shape index (κ1) is 9.85. The Kier molecular flexibility index (Phi) is 2.77. The summed E-state index contributed by atoms with van der Waals surface area (Å²) in [5.74, 6) is -2.37. The lowest BCUT2D eigenvalue weighted by Crippen LogP contribution is -2.28. The van der Waals surface area contributed by atoms with Crippen LogP contribution in [0.5, 0.6) is 0 Å². The Bertz CT molecular complexity index is 245. The number of cyclic esters (lactones) is 1. The second kappa shape index (κ2) is 3.66. The molecule has 1 heterocycles. The molecule has 1 aliphatic heterocycles. The van der Waals surface area contributed by atoms with Crippen LogP contribution in [0.15, 0.2) is 11.5 Å². The van der Waals surface area contributed by atoms with Gasteiger partial charge >= 0.3 is 5.97 Å². The zero-order valence-electron chi connectivity index (χ0n) is 7.23. The molecule has 2 atom stereocenters. The summed E-state index contributed by atoms with van der Waals surface area (Å²) in [5, 5.41) is 27.4. The fourth-order valence-electron chi connectivity index (χ4n) is 1.17. The van der Waals surface area contributed by atoms with Gasteiger partial charge in [-0.1, -0.05) is 13.3 Å². The molecule has 0 aromatic heterocycles. The van der Waals surface area contributed by atoms with E-state index in [0.717, 1.165) is 0 Å². The second-order valence-electron chi connectivity index (χ2n) is 2.92. The van der Waals surface area contributed by atoms with Crippen LogP contribution < -0.4 is 0 Å². The van der Waals surface area contributed by atoms with Gasteiger partial charge in [-0.25, -0.2) is 4.79 Å². The molecule has 0 amide bonds. The summed E-state index contributed by atoms with van der Waals surface area (Å²) in [6.07, 6.45) is -0.968. The van der Waals surface area contributed by atoms with Crippen molar-refractivity contribution >= 4 is 5.97 Å².